The Morgan fingerprint density at radius 2 is 1.88 bits per heavy atom. The Labute approximate surface area is 307 Å². The van der Waals surface area contributed by atoms with Crippen LogP contribution in [0.2, 0.25) is 0 Å². The SMILES string of the molecule is CC(C)CN(C[C@@H](O)[C@H](Cc1cc(F)cc(F)c1)NC(=O)O[C@H]1CO[C@H]2OC[C@@]3(CCCCCN3)[C@H]21)S(=O)(=O)c1ccc2nc(NC(C)C)sc2c1. The summed E-state index contributed by atoms with van der Waals surface area (Å²) in [6.45, 7) is 8.69. The van der Waals surface area contributed by atoms with Crippen molar-refractivity contribution < 1.29 is 41.3 Å². The average molecular weight is 766 g/mol. The van der Waals surface area contributed by atoms with Gasteiger partial charge in [-0.05, 0) is 81.5 Å². The van der Waals surface area contributed by atoms with Gasteiger partial charge in [0.2, 0.25) is 10.0 Å². The van der Waals surface area contributed by atoms with Gasteiger partial charge in [0.1, 0.15) is 17.7 Å². The van der Waals surface area contributed by atoms with Crippen molar-refractivity contribution in [1.29, 1.82) is 0 Å². The molecule has 3 fully saturated rings. The molecule has 0 radical (unpaired) electrons. The number of carbonyl (C=O) groups is 1. The van der Waals surface area contributed by atoms with E-state index in [1.807, 2.05) is 27.7 Å². The van der Waals surface area contributed by atoms with Gasteiger partial charge in [0.05, 0.1) is 51.9 Å². The lowest BCUT2D eigenvalue weighted by molar-refractivity contribution is -0.0910. The van der Waals surface area contributed by atoms with Crippen LogP contribution in [-0.2, 0) is 30.7 Å². The zero-order valence-corrected chi connectivity index (χ0v) is 31.6. The van der Waals surface area contributed by atoms with Crippen LogP contribution in [0.25, 0.3) is 10.2 Å². The number of rotatable bonds is 13. The Kier molecular flexibility index (Phi) is 12.0. The fourth-order valence-electron chi connectivity index (χ4n) is 7.48. The summed E-state index contributed by atoms with van der Waals surface area (Å²) >= 11 is 1.34. The zero-order valence-electron chi connectivity index (χ0n) is 29.9. The van der Waals surface area contributed by atoms with Crippen LogP contribution in [0.3, 0.4) is 0 Å². The van der Waals surface area contributed by atoms with Gasteiger partial charge in [-0.25, -0.2) is 27.0 Å². The minimum Gasteiger partial charge on any atom is -0.443 e. The van der Waals surface area contributed by atoms with Crippen molar-refractivity contribution in [2.75, 3.05) is 38.2 Å². The average Bonchev–Trinajstić information content (AvgIpc) is 3.69. The number of carbonyl (C=O) groups excluding carboxylic acids is 1. The lowest BCUT2D eigenvalue weighted by Gasteiger charge is -2.35. The van der Waals surface area contributed by atoms with Crippen LogP contribution in [0.4, 0.5) is 18.7 Å². The Balaban J connectivity index is 1.23. The quantitative estimate of drug-likeness (QED) is 0.187. The molecule has 0 unspecified atom stereocenters. The number of aromatic nitrogens is 1. The summed E-state index contributed by atoms with van der Waals surface area (Å²) < 4.78 is 76.5. The van der Waals surface area contributed by atoms with E-state index in [1.54, 1.807) is 12.1 Å². The number of hydrogen-bond donors (Lipinski definition) is 4. The second-order valence-electron chi connectivity index (χ2n) is 14.8. The highest BCUT2D eigenvalue weighted by Gasteiger charge is 2.58. The molecule has 2 aromatic carbocycles. The van der Waals surface area contributed by atoms with E-state index in [9.17, 15) is 27.1 Å². The Morgan fingerprint density at radius 1 is 1.12 bits per heavy atom. The van der Waals surface area contributed by atoms with Gasteiger partial charge >= 0.3 is 6.09 Å². The van der Waals surface area contributed by atoms with Crippen LogP contribution in [0.1, 0.15) is 58.9 Å². The second-order valence-corrected chi connectivity index (χ2v) is 17.8. The third-order valence-electron chi connectivity index (χ3n) is 9.81. The summed E-state index contributed by atoms with van der Waals surface area (Å²) in [5, 5.41) is 21.9. The molecule has 3 aromatic rings. The number of hydrogen-bond acceptors (Lipinski definition) is 11. The minimum atomic E-state index is -4.16. The highest BCUT2D eigenvalue weighted by Crippen LogP contribution is 2.43. The molecule has 286 valence electrons. The number of nitrogens with zero attached hydrogens (tertiary/aromatic N) is 2. The first-order valence-corrected chi connectivity index (χ1v) is 20.2. The third kappa shape index (κ3) is 8.86. The van der Waals surface area contributed by atoms with Crippen molar-refractivity contribution in [2.24, 2.45) is 11.8 Å². The molecular formula is C36H49F2N5O7S2. The molecule has 0 bridgehead atoms. The van der Waals surface area contributed by atoms with Crippen LogP contribution in [-0.4, -0.2) is 97.9 Å². The fraction of sp³-hybridized carbons (Fsp3) is 0.611. The van der Waals surface area contributed by atoms with Crippen LogP contribution in [0.5, 0.6) is 0 Å². The van der Waals surface area contributed by atoms with E-state index in [2.05, 4.69) is 20.9 Å². The zero-order chi connectivity index (χ0) is 37.2. The summed E-state index contributed by atoms with van der Waals surface area (Å²) in [6, 6.07) is 6.60. The predicted molar refractivity (Wildman–Crippen MR) is 194 cm³/mol. The Bertz CT molecular complexity index is 1800. The van der Waals surface area contributed by atoms with Gasteiger partial charge in [0.25, 0.3) is 0 Å². The van der Waals surface area contributed by atoms with E-state index < -0.39 is 64.4 Å². The third-order valence-corrected chi connectivity index (χ3v) is 12.6. The molecule has 1 amide bonds. The molecule has 3 aliphatic rings. The van der Waals surface area contributed by atoms with Gasteiger partial charge in [-0.2, -0.15) is 4.31 Å². The molecule has 4 heterocycles. The number of aliphatic hydroxyl groups excluding tert-OH is 1. The summed E-state index contributed by atoms with van der Waals surface area (Å²) in [7, 11) is -4.16. The highest BCUT2D eigenvalue weighted by molar-refractivity contribution is 7.89. The number of sulfonamides is 1. The van der Waals surface area contributed by atoms with Gasteiger partial charge < -0.3 is 35.3 Å². The summed E-state index contributed by atoms with van der Waals surface area (Å²) in [5.41, 5.74) is 0.411. The first-order valence-electron chi connectivity index (χ1n) is 18.0. The number of halogens is 2. The Hall–Kier alpha value is -2.99. The molecule has 0 saturated carbocycles. The van der Waals surface area contributed by atoms with Gasteiger partial charge in [-0.15, -0.1) is 0 Å². The number of aliphatic hydroxyl groups is 1. The van der Waals surface area contributed by atoms with Crippen LogP contribution in [0, 0.1) is 23.5 Å². The maximum Gasteiger partial charge on any atom is 0.407 e. The lowest BCUT2D eigenvalue weighted by Crippen LogP contribution is -2.56. The summed E-state index contributed by atoms with van der Waals surface area (Å²) in [5.74, 6) is -2.02. The minimum absolute atomic E-state index is 0.0272. The molecule has 1 aromatic heterocycles. The van der Waals surface area contributed by atoms with E-state index >= 15 is 0 Å². The molecule has 52 heavy (non-hydrogen) atoms. The number of ether oxygens (including phenoxy) is 3. The van der Waals surface area contributed by atoms with E-state index in [4.69, 9.17) is 14.2 Å². The number of anilines is 1. The van der Waals surface area contributed by atoms with Crippen molar-refractivity contribution in [1.82, 2.24) is 19.9 Å². The second kappa shape index (κ2) is 16.2. The fourth-order valence-corrected chi connectivity index (χ4v) is 10.3. The molecular weight excluding hydrogens is 717 g/mol. The lowest BCUT2D eigenvalue weighted by atomic mass is 9.80. The predicted octanol–water partition coefficient (Wildman–Crippen LogP) is 5.01. The van der Waals surface area contributed by atoms with Gasteiger partial charge in [0.15, 0.2) is 11.4 Å². The molecule has 1 spiro atoms. The smallest absolute Gasteiger partial charge is 0.407 e. The first-order chi connectivity index (χ1) is 24.7. The van der Waals surface area contributed by atoms with Crippen molar-refractivity contribution in [3.63, 3.8) is 0 Å². The molecule has 3 saturated heterocycles. The van der Waals surface area contributed by atoms with Crippen molar-refractivity contribution in [2.45, 2.75) is 101 Å². The number of amides is 1. The van der Waals surface area contributed by atoms with Gasteiger partial charge in [-0.3, -0.25) is 0 Å². The van der Waals surface area contributed by atoms with E-state index in [0.717, 1.165) is 50.4 Å². The van der Waals surface area contributed by atoms with Crippen LogP contribution in [0.15, 0.2) is 41.3 Å². The van der Waals surface area contributed by atoms with E-state index in [-0.39, 0.29) is 47.9 Å². The number of alkyl carbamates (subject to hydrolysis) is 1. The molecule has 16 heteroatoms. The maximum absolute atomic E-state index is 14.3. The topological polar surface area (TPSA) is 151 Å². The Morgan fingerprint density at radius 3 is 2.62 bits per heavy atom. The summed E-state index contributed by atoms with van der Waals surface area (Å²) in [6.07, 6.45) is 0.199. The number of fused-ring (bicyclic) bond motifs is 3. The molecule has 12 nitrogen and oxygen atoms in total. The van der Waals surface area contributed by atoms with E-state index in [0.29, 0.717) is 22.0 Å². The first kappa shape index (κ1) is 38.7. The molecule has 4 N–H and O–H groups in total. The number of benzene rings is 2. The standard InChI is InChI=1S/C36H49F2N5O7S2/c1-21(2)17-43(52(46,47)26-8-9-27-31(16-26)51-34(41-27)40-22(3)4)18-29(44)28(14-23-12-24(37)15-25(38)13-23)42-35(45)50-30-19-48-33-32(30)36(20-49-33)10-6-5-7-11-39-36/h8-9,12-13,15-16,21-22,28-30,32-33,39,44H,5-7,10-11,14,17-20H2,1-4H3,(H,40,41)(H,42,45)/t28-,29+,30-,32-,33-,36-/m0/s1. The monoisotopic (exact) mass is 765 g/mol. The molecule has 0 aliphatic carbocycles. The summed E-state index contributed by atoms with van der Waals surface area (Å²) in [4.78, 5) is 18.2. The van der Waals surface area contributed by atoms with Crippen molar-refractivity contribution in [3.8, 4) is 0 Å². The van der Waals surface area contributed by atoms with Crippen molar-refractivity contribution >= 4 is 42.8 Å². The van der Waals surface area contributed by atoms with Crippen LogP contribution >= 0.6 is 11.3 Å². The normalized spacial score (nSPS) is 24.8. The van der Waals surface area contributed by atoms with Crippen molar-refractivity contribution in [3.05, 3.63) is 53.6 Å². The number of nitrogens with one attached hydrogen (secondary N) is 3. The number of thiazole rings is 1. The van der Waals surface area contributed by atoms with Gasteiger partial charge in [0, 0.05) is 25.2 Å². The molecule has 6 atom stereocenters. The largest absolute Gasteiger partial charge is 0.443 e. The van der Waals surface area contributed by atoms with Crippen LogP contribution < -0.4 is 16.0 Å². The highest BCUT2D eigenvalue weighted by atomic mass is 32.2. The maximum atomic E-state index is 14.3. The van der Waals surface area contributed by atoms with Gasteiger partial charge in [-0.1, -0.05) is 38.0 Å². The van der Waals surface area contributed by atoms with E-state index in [1.165, 1.54) is 21.7 Å². The molecule has 3 aliphatic heterocycles. The molecule has 6 rings (SSSR count).